The normalized spacial score (nSPS) is 20.4. The lowest BCUT2D eigenvalue weighted by Crippen LogP contribution is -2.56. The number of fused-ring (bicyclic) bond motifs is 1. The number of carbonyl (C=O) groups excluding carboxylic acids is 2. The first kappa shape index (κ1) is 23.2. The van der Waals surface area contributed by atoms with Gasteiger partial charge in [0, 0.05) is 5.69 Å². The topological polar surface area (TPSA) is 73.8 Å². The van der Waals surface area contributed by atoms with Crippen LogP contribution in [0, 0.1) is 11.7 Å². The van der Waals surface area contributed by atoms with Crippen LogP contribution in [0.15, 0.2) is 77.8 Å². The van der Waals surface area contributed by atoms with E-state index in [0.717, 1.165) is 12.1 Å². The molecule has 1 heterocycles. The molecule has 0 bridgehead atoms. The Morgan fingerprint density at radius 2 is 1.79 bits per heavy atom. The molecule has 1 aliphatic carbocycles. The van der Waals surface area contributed by atoms with Crippen LogP contribution in [0.1, 0.15) is 12.5 Å². The van der Waals surface area contributed by atoms with Crippen molar-refractivity contribution >= 4 is 29.1 Å². The number of urea groups is 1. The molecule has 2 aromatic carbocycles. The second-order valence-electron chi connectivity index (χ2n) is 7.82. The number of rotatable bonds is 4. The Balaban J connectivity index is 1.57. The number of nitrogens with zero attached hydrogens (tertiary/aromatic N) is 2. The fourth-order valence-electron chi connectivity index (χ4n) is 3.78. The first-order valence-corrected chi connectivity index (χ1v) is 10.4. The number of anilines is 2. The van der Waals surface area contributed by atoms with Gasteiger partial charge in [-0.3, -0.25) is 14.7 Å². The molecule has 3 unspecified atom stereocenters. The Hall–Kier alpha value is -3.95. The van der Waals surface area contributed by atoms with Gasteiger partial charge in [-0.15, -0.1) is 0 Å². The lowest BCUT2D eigenvalue weighted by molar-refractivity contribution is -0.137. The van der Waals surface area contributed by atoms with Crippen molar-refractivity contribution in [2.24, 2.45) is 10.9 Å². The maximum Gasteiger partial charge on any atom is 0.416 e. The second kappa shape index (κ2) is 9.12. The number of alkyl halides is 3. The average molecular weight is 472 g/mol. The van der Waals surface area contributed by atoms with Crippen LogP contribution in [0.5, 0.6) is 0 Å². The third-order valence-corrected chi connectivity index (χ3v) is 5.39. The molecule has 0 saturated carbocycles. The van der Waals surface area contributed by atoms with Crippen LogP contribution in [-0.4, -0.2) is 29.9 Å². The van der Waals surface area contributed by atoms with E-state index in [0.29, 0.717) is 5.69 Å². The summed E-state index contributed by atoms with van der Waals surface area (Å²) in [5.74, 6) is -1.10. The third-order valence-electron chi connectivity index (χ3n) is 5.39. The van der Waals surface area contributed by atoms with Gasteiger partial charge in [-0.05, 0) is 49.4 Å². The molecular formula is C24H20F4N4O2. The average Bonchev–Trinajstić information content (AvgIpc) is 2.79. The highest BCUT2D eigenvalue weighted by atomic mass is 19.4. The van der Waals surface area contributed by atoms with E-state index < -0.39 is 41.6 Å². The third kappa shape index (κ3) is 4.85. The molecule has 2 aliphatic rings. The predicted octanol–water partition coefficient (Wildman–Crippen LogP) is 4.91. The molecule has 34 heavy (non-hydrogen) atoms. The summed E-state index contributed by atoms with van der Waals surface area (Å²) in [7, 11) is 0. The fourth-order valence-corrected chi connectivity index (χ4v) is 3.78. The van der Waals surface area contributed by atoms with Gasteiger partial charge in [-0.25, -0.2) is 9.18 Å². The van der Waals surface area contributed by atoms with Crippen LogP contribution >= 0.6 is 0 Å². The van der Waals surface area contributed by atoms with E-state index >= 15 is 0 Å². The number of amidine groups is 1. The highest BCUT2D eigenvalue weighted by Gasteiger charge is 2.39. The van der Waals surface area contributed by atoms with Crippen LogP contribution in [-0.2, 0) is 11.0 Å². The largest absolute Gasteiger partial charge is 0.416 e. The van der Waals surface area contributed by atoms with Crippen molar-refractivity contribution in [3.05, 3.63) is 84.2 Å². The van der Waals surface area contributed by atoms with E-state index in [2.05, 4.69) is 15.6 Å². The van der Waals surface area contributed by atoms with Gasteiger partial charge < -0.3 is 10.6 Å². The molecule has 176 valence electrons. The van der Waals surface area contributed by atoms with Gasteiger partial charge in [0.05, 0.1) is 29.3 Å². The Morgan fingerprint density at radius 1 is 1.09 bits per heavy atom. The Kier molecular flexibility index (Phi) is 6.23. The summed E-state index contributed by atoms with van der Waals surface area (Å²) in [4.78, 5) is 31.8. The van der Waals surface area contributed by atoms with Gasteiger partial charge in [0.1, 0.15) is 11.7 Å². The van der Waals surface area contributed by atoms with Gasteiger partial charge in [0.2, 0.25) is 5.91 Å². The van der Waals surface area contributed by atoms with Crippen molar-refractivity contribution in [3.8, 4) is 0 Å². The lowest BCUT2D eigenvalue weighted by Gasteiger charge is -2.37. The highest BCUT2D eigenvalue weighted by Crippen LogP contribution is 2.31. The number of amides is 3. The zero-order valence-corrected chi connectivity index (χ0v) is 17.9. The number of halogens is 4. The van der Waals surface area contributed by atoms with Crippen molar-refractivity contribution in [2.45, 2.75) is 25.2 Å². The van der Waals surface area contributed by atoms with Crippen LogP contribution < -0.4 is 15.5 Å². The minimum Gasteiger partial charge on any atom is -0.328 e. The molecule has 0 aromatic heterocycles. The van der Waals surface area contributed by atoms with E-state index in [-0.39, 0.29) is 17.4 Å². The van der Waals surface area contributed by atoms with Gasteiger partial charge in [0.25, 0.3) is 0 Å². The van der Waals surface area contributed by atoms with E-state index in [1.807, 2.05) is 0 Å². The van der Waals surface area contributed by atoms with Crippen LogP contribution in [0.3, 0.4) is 0 Å². The minimum absolute atomic E-state index is 0.0445. The first-order valence-electron chi connectivity index (χ1n) is 10.4. The maximum absolute atomic E-state index is 13.5. The molecule has 1 aliphatic heterocycles. The molecular weight excluding hydrogens is 452 g/mol. The van der Waals surface area contributed by atoms with Crippen molar-refractivity contribution in [3.63, 3.8) is 0 Å². The monoisotopic (exact) mass is 472 g/mol. The van der Waals surface area contributed by atoms with Crippen molar-refractivity contribution in [2.75, 3.05) is 10.2 Å². The Labute approximate surface area is 192 Å². The molecule has 3 amide bonds. The molecule has 0 fully saturated rings. The quantitative estimate of drug-likeness (QED) is 0.621. The van der Waals surface area contributed by atoms with Crippen LogP contribution in [0.2, 0.25) is 0 Å². The molecule has 6 nitrogen and oxygen atoms in total. The second-order valence-corrected chi connectivity index (χ2v) is 7.82. The van der Waals surface area contributed by atoms with E-state index in [4.69, 9.17) is 0 Å². The molecule has 2 aromatic rings. The SMILES string of the molecule is CC(NC(=O)Nc1cccc(C(F)(F)F)c1)C1=NC2C=CC=CC2C(=O)N1c1ccc(F)cc1. The van der Waals surface area contributed by atoms with E-state index in [9.17, 15) is 27.2 Å². The van der Waals surface area contributed by atoms with Gasteiger partial charge >= 0.3 is 12.2 Å². The molecule has 0 spiro atoms. The van der Waals surface area contributed by atoms with Crippen molar-refractivity contribution < 1.29 is 27.2 Å². The van der Waals surface area contributed by atoms with E-state index in [1.165, 1.54) is 41.3 Å². The van der Waals surface area contributed by atoms with Crippen molar-refractivity contribution in [1.82, 2.24) is 5.32 Å². The molecule has 4 rings (SSSR count). The smallest absolute Gasteiger partial charge is 0.328 e. The molecule has 0 saturated heterocycles. The molecule has 0 radical (unpaired) electrons. The lowest BCUT2D eigenvalue weighted by atomic mass is 9.91. The van der Waals surface area contributed by atoms with Gasteiger partial charge in [-0.2, -0.15) is 13.2 Å². The number of benzene rings is 2. The minimum atomic E-state index is -4.55. The number of allylic oxidation sites excluding steroid dienone is 2. The van der Waals surface area contributed by atoms with Crippen molar-refractivity contribution in [1.29, 1.82) is 0 Å². The fraction of sp³-hybridized carbons (Fsp3) is 0.208. The number of hydrogen-bond donors (Lipinski definition) is 2. The number of nitrogens with one attached hydrogen (secondary N) is 2. The van der Waals surface area contributed by atoms with E-state index in [1.54, 1.807) is 31.2 Å². The number of hydrogen-bond acceptors (Lipinski definition) is 3. The summed E-state index contributed by atoms with van der Waals surface area (Å²) in [6.45, 7) is 1.59. The van der Waals surface area contributed by atoms with Gasteiger partial charge in [-0.1, -0.05) is 30.4 Å². The summed E-state index contributed by atoms with van der Waals surface area (Å²) < 4.78 is 52.3. The zero-order valence-electron chi connectivity index (χ0n) is 17.9. The summed E-state index contributed by atoms with van der Waals surface area (Å²) in [6, 6.07) is 7.46. The first-order chi connectivity index (χ1) is 16.1. The highest BCUT2D eigenvalue weighted by molar-refractivity contribution is 6.22. The van der Waals surface area contributed by atoms with Crippen LogP contribution in [0.4, 0.5) is 33.7 Å². The number of aliphatic imine (C=N–C) groups is 1. The molecule has 10 heteroatoms. The predicted molar refractivity (Wildman–Crippen MR) is 120 cm³/mol. The maximum atomic E-state index is 13.5. The Morgan fingerprint density at radius 3 is 2.50 bits per heavy atom. The summed E-state index contributed by atoms with van der Waals surface area (Å²) in [6.07, 6.45) is 2.45. The summed E-state index contributed by atoms with van der Waals surface area (Å²) >= 11 is 0. The number of carbonyl (C=O) groups is 2. The Bertz CT molecular complexity index is 1190. The van der Waals surface area contributed by atoms with Crippen LogP contribution in [0.25, 0.3) is 0 Å². The summed E-state index contributed by atoms with van der Waals surface area (Å²) in [5.41, 5.74) is -0.568. The molecule has 3 atom stereocenters. The zero-order chi connectivity index (χ0) is 24.5. The van der Waals surface area contributed by atoms with Gasteiger partial charge in [0.15, 0.2) is 0 Å². The molecule has 2 N–H and O–H groups in total. The summed E-state index contributed by atoms with van der Waals surface area (Å²) in [5, 5.41) is 4.98. The standard InChI is InChI=1S/C24H20F4N4O2/c1-14(29-23(34)30-17-6-4-5-15(13-17)24(26,27)28)21-31-20-8-3-2-7-19(20)22(33)32(21)18-11-9-16(25)10-12-18/h2-14,19-20H,1H3,(H2,29,30,34).